The average molecular weight is 315 g/mol. The molecule has 110 valence electrons. The molecule has 0 heterocycles. The van der Waals surface area contributed by atoms with E-state index in [9.17, 15) is 4.79 Å². The lowest BCUT2D eigenvalue weighted by atomic mass is 9.83. The van der Waals surface area contributed by atoms with E-state index in [4.69, 9.17) is 28.9 Å². The maximum atomic E-state index is 12.6. The molecule has 0 aromatic heterocycles. The van der Waals surface area contributed by atoms with Crippen LogP contribution in [-0.2, 0) is 0 Å². The predicted octanol–water partition coefficient (Wildman–Crippen LogP) is 3.58. The van der Waals surface area contributed by atoms with Gasteiger partial charge < -0.3 is 10.6 Å². The fourth-order valence-corrected chi connectivity index (χ4v) is 3.53. The summed E-state index contributed by atoms with van der Waals surface area (Å²) >= 11 is 11.9. The van der Waals surface area contributed by atoms with E-state index in [1.165, 1.54) is 6.42 Å². The van der Waals surface area contributed by atoms with Crippen LogP contribution >= 0.6 is 23.2 Å². The van der Waals surface area contributed by atoms with E-state index < -0.39 is 0 Å². The van der Waals surface area contributed by atoms with Crippen LogP contribution in [0, 0.1) is 5.92 Å². The summed E-state index contributed by atoms with van der Waals surface area (Å²) in [6.07, 6.45) is 4.45. The van der Waals surface area contributed by atoms with Crippen molar-refractivity contribution >= 4 is 29.1 Å². The molecule has 0 bridgehead atoms. The summed E-state index contributed by atoms with van der Waals surface area (Å²) in [4.78, 5) is 14.4. The third kappa shape index (κ3) is 3.46. The van der Waals surface area contributed by atoms with Crippen molar-refractivity contribution in [1.29, 1.82) is 0 Å². The molecule has 1 aromatic carbocycles. The highest BCUT2D eigenvalue weighted by Crippen LogP contribution is 2.29. The number of hydrogen-bond acceptors (Lipinski definition) is 2. The lowest BCUT2D eigenvalue weighted by Gasteiger charge is -2.37. The van der Waals surface area contributed by atoms with E-state index in [0.717, 1.165) is 19.3 Å². The molecule has 0 spiro atoms. The van der Waals surface area contributed by atoms with E-state index in [-0.39, 0.29) is 11.9 Å². The summed E-state index contributed by atoms with van der Waals surface area (Å²) < 4.78 is 0. The van der Waals surface area contributed by atoms with E-state index in [2.05, 4.69) is 0 Å². The Morgan fingerprint density at radius 2 is 1.85 bits per heavy atom. The molecule has 0 saturated heterocycles. The van der Waals surface area contributed by atoms with Gasteiger partial charge in [-0.05, 0) is 43.5 Å². The average Bonchev–Trinajstić information content (AvgIpc) is 2.44. The lowest BCUT2D eigenvalue weighted by Crippen LogP contribution is -2.45. The van der Waals surface area contributed by atoms with Gasteiger partial charge in [0.2, 0.25) is 0 Å². The van der Waals surface area contributed by atoms with Gasteiger partial charge in [0, 0.05) is 28.7 Å². The normalized spacial score (nSPS) is 22.6. The minimum atomic E-state index is -0.0419. The fraction of sp³-hybridized carbons (Fsp3) is 0.533. The van der Waals surface area contributed by atoms with Crippen LogP contribution in [0.2, 0.25) is 10.0 Å². The molecule has 1 aliphatic carbocycles. The second-order valence-electron chi connectivity index (χ2n) is 5.42. The van der Waals surface area contributed by atoms with Gasteiger partial charge >= 0.3 is 0 Å². The van der Waals surface area contributed by atoms with Crippen molar-refractivity contribution in [2.24, 2.45) is 11.7 Å². The van der Waals surface area contributed by atoms with Gasteiger partial charge in [-0.15, -0.1) is 0 Å². The maximum absolute atomic E-state index is 12.6. The molecule has 2 unspecified atom stereocenters. The molecule has 1 aliphatic rings. The monoisotopic (exact) mass is 314 g/mol. The SMILES string of the molecule is CN(C(=O)c1cc(Cl)cc(Cl)c1)C1CCCCC1CN. The highest BCUT2D eigenvalue weighted by molar-refractivity contribution is 6.35. The number of hydrogen-bond donors (Lipinski definition) is 1. The van der Waals surface area contributed by atoms with E-state index in [1.54, 1.807) is 23.1 Å². The van der Waals surface area contributed by atoms with Crippen LogP contribution in [-0.4, -0.2) is 30.4 Å². The van der Waals surface area contributed by atoms with Crippen molar-refractivity contribution in [2.75, 3.05) is 13.6 Å². The van der Waals surface area contributed by atoms with Crippen molar-refractivity contribution in [3.05, 3.63) is 33.8 Å². The van der Waals surface area contributed by atoms with Gasteiger partial charge in [0.25, 0.3) is 5.91 Å². The van der Waals surface area contributed by atoms with Gasteiger partial charge in [-0.25, -0.2) is 0 Å². The quantitative estimate of drug-likeness (QED) is 0.926. The number of nitrogens with two attached hydrogens (primary N) is 1. The second-order valence-corrected chi connectivity index (χ2v) is 6.29. The first-order valence-electron chi connectivity index (χ1n) is 6.96. The zero-order chi connectivity index (χ0) is 14.7. The third-order valence-electron chi connectivity index (χ3n) is 4.10. The standard InChI is InChI=1S/C15H20Cl2N2O/c1-19(14-5-3-2-4-10(14)9-18)15(20)11-6-12(16)8-13(17)7-11/h6-8,10,14H,2-5,9,18H2,1H3. The number of rotatable bonds is 3. The van der Waals surface area contributed by atoms with Crippen LogP contribution in [0.15, 0.2) is 18.2 Å². The van der Waals surface area contributed by atoms with Gasteiger partial charge in [-0.1, -0.05) is 36.0 Å². The fourth-order valence-electron chi connectivity index (χ4n) is 3.00. The molecule has 2 atom stereocenters. The lowest BCUT2D eigenvalue weighted by molar-refractivity contribution is 0.0620. The predicted molar refractivity (Wildman–Crippen MR) is 83.4 cm³/mol. The van der Waals surface area contributed by atoms with Gasteiger partial charge in [-0.3, -0.25) is 4.79 Å². The van der Waals surface area contributed by atoms with Gasteiger partial charge in [0.15, 0.2) is 0 Å². The molecule has 2 N–H and O–H groups in total. The Bertz CT molecular complexity index is 473. The molecule has 0 aliphatic heterocycles. The van der Waals surface area contributed by atoms with Crippen molar-refractivity contribution in [3.63, 3.8) is 0 Å². The Morgan fingerprint density at radius 3 is 2.45 bits per heavy atom. The Hall–Kier alpha value is -0.770. The van der Waals surface area contributed by atoms with Crippen LogP contribution in [0.25, 0.3) is 0 Å². The Morgan fingerprint density at radius 1 is 1.25 bits per heavy atom. The van der Waals surface area contributed by atoms with Crippen LogP contribution in [0.1, 0.15) is 36.0 Å². The smallest absolute Gasteiger partial charge is 0.253 e. The van der Waals surface area contributed by atoms with Crippen LogP contribution in [0.3, 0.4) is 0 Å². The van der Waals surface area contributed by atoms with E-state index in [0.29, 0.717) is 28.1 Å². The molecule has 20 heavy (non-hydrogen) atoms. The topological polar surface area (TPSA) is 46.3 Å². The minimum Gasteiger partial charge on any atom is -0.338 e. The highest BCUT2D eigenvalue weighted by atomic mass is 35.5. The summed E-state index contributed by atoms with van der Waals surface area (Å²) in [6.45, 7) is 0.624. The number of benzene rings is 1. The van der Waals surface area contributed by atoms with Crippen LogP contribution in [0.4, 0.5) is 0 Å². The van der Waals surface area contributed by atoms with Crippen molar-refractivity contribution < 1.29 is 4.79 Å². The molecule has 1 fully saturated rings. The third-order valence-corrected chi connectivity index (χ3v) is 4.54. The van der Waals surface area contributed by atoms with Crippen molar-refractivity contribution in [3.8, 4) is 0 Å². The molecule has 2 rings (SSSR count). The molecule has 0 radical (unpaired) electrons. The van der Waals surface area contributed by atoms with Crippen LogP contribution < -0.4 is 5.73 Å². The van der Waals surface area contributed by atoms with Gasteiger partial charge in [0.1, 0.15) is 0 Å². The Labute approximate surface area is 130 Å². The number of nitrogens with zero attached hydrogens (tertiary/aromatic N) is 1. The first-order chi connectivity index (χ1) is 9.52. The maximum Gasteiger partial charge on any atom is 0.253 e. The second kappa shape index (κ2) is 6.79. The minimum absolute atomic E-state index is 0.0419. The zero-order valence-corrected chi connectivity index (χ0v) is 13.1. The molecule has 3 nitrogen and oxygen atoms in total. The van der Waals surface area contributed by atoms with Gasteiger partial charge in [0.05, 0.1) is 0 Å². The molecular weight excluding hydrogens is 295 g/mol. The Kier molecular flexibility index (Phi) is 5.30. The van der Waals surface area contributed by atoms with Gasteiger partial charge in [-0.2, -0.15) is 0 Å². The summed E-state index contributed by atoms with van der Waals surface area (Å²) in [7, 11) is 1.84. The zero-order valence-electron chi connectivity index (χ0n) is 11.6. The highest BCUT2D eigenvalue weighted by Gasteiger charge is 2.30. The number of carbonyl (C=O) groups excluding carboxylic acids is 1. The summed E-state index contributed by atoms with van der Waals surface area (Å²) in [5, 5.41) is 0.960. The van der Waals surface area contributed by atoms with Crippen molar-refractivity contribution in [1.82, 2.24) is 4.90 Å². The summed E-state index contributed by atoms with van der Waals surface area (Å²) in [5.74, 6) is 0.340. The summed E-state index contributed by atoms with van der Waals surface area (Å²) in [5.41, 5.74) is 6.37. The number of amides is 1. The van der Waals surface area contributed by atoms with Crippen molar-refractivity contribution in [2.45, 2.75) is 31.7 Å². The molecular formula is C15H20Cl2N2O. The largest absolute Gasteiger partial charge is 0.338 e. The van der Waals surface area contributed by atoms with E-state index >= 15 is 0 Å². The van der Waals surface area contributed by atoms with Crippen LogP contribution in [0.5, 0.6) is 0 Å². The molecule has 1 amide bonds. The van der Waals surface area contributed by atoms with E-state index in [1.807, 2.05) is 7.05 Å². The molecule has 1 aromatic rings. The molecule has 1 saturated carbocycles. The summed E-state index contributed by atoms with van der Waals surface area (Å²) in [6, 6.07) is 5.15. The molecule has 5 heteroatoms. The number of halogens is 2. The number of carbonyl (C=O) groups is 1. The first kappa shape index (κ1) is 15.6. The first-order valence-corrected chi connectivity index (χ1v) is 7.72. The Balaban J connectivity index is 2.18.